The Labute approximate surface area is 120 Å². The van der Waals surface area contributed by atoms with E-state index in [1.807, 2.05) is 6.92 Å². The minimum atomic E-state index is -4.49. The maximum absolute atomic E-state index is 12.4. The summed E-state index contributed by atoms with van der Waals surface area (Å²) in [4.78, 5) is 13.8. The van der Waals surface area contributed by atoms with Crippen molar-refractivity contribution >= 4 is 5.91 Å². The van der Waals surface area contributed by atoms with Crippen LogP contribution >= 0.6 is 0 Å². The van der Waals surface area contributed by atoms with Crippen LogP contribution in [0.1, 0.15) is 19.0 Å². The number of hydrogen-bond donors (Lipinski definition) is 0. The van der Waals surface area contributed by atoms with Gasteiger partial charge in [-0.15, -0.1) is 0 Å². The SMILES string of the molecule is CCN(C[C@H]1CCOC1)C(=O)Cn1ccc(C(F)(F)F)n1. The van der Waals surface area contributed by atoms with Gasteiger partial charge in [-0.1, -0.05) is 0 Å². The Morgan fingerprint density at radius 3 is 2.86 bits per heavy atom. The molecule has 1 aromatic rings. The van der Waals surface area contributed by atoms with Gasteiger partial charge in [0, 0.05) is 31.8 Å². The van der Waals surface area contributed by atoms with Crippen molar-refractivity contribution in [3.8, 4) is 0 Å². The van der Waals surface area contributed by atoms with Gasteiger partial charge in [-0.3, -0.25) is 9.48 Å². The summed E-state index contributed by atoms with van der Waals surface area (Å²) in [7, 11) is 0. The second-order valence-corrected chi connectivity index (χ2v) is 5.06. The van der Waals surface area contributed by atoms with Crippen LogP contribution in [0, 0.1) is 5.92 Å². The maximum atomic E-state index is 12.4. The van der Waals surface area contributed by atoms with E-state index in [-0.39, 0.29) is 12.5 Å². The third kappa shape index (κ3) is 4.20. The molecule has 118 valence electrons. The van der Waals surface area contributed by atoms with Gasteiger partial charge in [-0.25, -0.2) is 0 Å². The molecule has 1 aliphatic heterocycles. The van der Waals surface area contributed by atoms with Crippen molar-refractivity contribution in [3.05, 3.63) is 18.0 Å². The number of halogens is 3. The van der Waals surface area contributed by atoms with Crippen molar-refractivity contribution in [2.45, 2.75) is 26.1 Å². The van der Waals surface area contributed by atoms with Crippen LogP contribution in [0.25, 0.3) is 0 Å². The van der Waals surface area contributed by atoms with Gasteiger partial charge in [0.25, 0.3) is 0 Å². The molecule has 5 nitrogen and oxygen atoms in total. The number of alkyl halides is 3. The standard InChI is InChI=1S/C13H18F3N3O2/c1-2-18(7-10-4-6-21-9-10)12(20)8-19-5-3-11(17-19)13(14,15)16/h3,5,10H,2,4,6-9H2,1H3/t10-/m1/s1. The average Bonchev–Trinajstić information content (AvgIpc) is 3.05. The predicted molar refractivity (Wildman–Crippen MR) is 68.4 cm³/mol. The maximum Gasteiger partial charge on any atom is 0.435 e. The largest absolute Gasteiger partial charge is 0.435 e. The summed E-state index contributed by atoms with van der Waals surface area (Å²) >= 11 is 0. The Hall–Kier alpha value is -1.57. The Morgan fingerprint density at radius 1 is 1.57 bits per heavy atom. The second-order valence-electron chi connectivity index (χ2n) is 5.06. The van der Waals surface area contributed by atoms with Crippen LogP contribution in [0.15, 0.2) is 12.3 Å². The zero-order valence-corrected chi connectivity index (χ0v) is 11.8. The van der Waals surface area contributed by atoms with E-state index in [2.05, 4.69) is 5.10 Å². The van der Waals surface area contributed by atoms with E-state index in [9.17, 15) is 18.0 Å². The fraction of sp³-hybridized carbons (Fsp3) is 0.692. The highest BCUT2D eigenvalue weighted by atomic mass is 19.4. The van der Waals surface area contributed by atoms with Crippen LogP contribution in [0.5, 0.6) is 0 Å². The molecular formula is C13H18F3N3O2. The number of carbonyl (C=O) groups excluding carboxylic acids is 1. The van der Waals surface area contributed by atoms with Crippen LogP contribution in [0.2, 0.25) is 0 Å². The lowest BCUT2D eigenvalue weighted by atomic mass is 10.1. The summed E-state index contributed by atoms with van der Waals surface area (Å²) in [5.74, 6) is 0.0680. The first-order chi connectivity index (χ1) is 9.90. The van der Waals surface area contributed by atoms with Gasteiger partial charge < -0.3 is 9.64 Å². The van der Waals surface area contributed by atoms with Crippen molar-refractivity contribution in [2.24, 2.45) is 5.92 Å². The molecule has 0 bridgehead atoms. The monoisotopic (exact) mass is 305 g/mol. The number of aromatic nitrogens is 2. The minimum Gasteiger partial charge on any atom is -0.381 e. The first kappa shape index (κ1) is 15.8. The Morgan fingerprint density at radius 2 is 2.33 bits per heavy atom. The van der Waals surface area contributed by atoms with Crippen LogP contribution < -0.4 is 0 Å². The van der Waals surface area contributed by atoms with E-state index in [1.54, 1.807) is 4.90 Å². The molecule has 0 saturated carbocycles. The number of hydrogen-bond acceptors (Lipinski definition) is 3. The zero-order valence-electron chi connectivity index (χ0n) is 11.8. The highest BCUT2D eigenvalue weighted by Crippen LogP contribution is 2.27. The molecular weight excluding hydrogens is 287 g/mol. The predicted octanol–water partition coefficient (Wildman–Crippen LogP) is 1.79. The lowest BCUT2D eigenvalue weighted by Crippen LogP contribution is -2.37. The number of likely N-dealkylation sites (N-methyl/N-ethyl adjacent to an activating group) is 1. The molecule has 21 heavy (non-hydrogen) atoms. The summed E-state index contributed by atoms with van der Waals surface area (Å²) in [5.41, 5.74) is -0.984. The molecule has 0 aromatic carbocycles. The molecule has 8 heteroatoms. The lowest BCUT2D eigenvalue weighted by Gasteiger charge is -2.23. The normalized spacial score (nSPS) is 19.0. The van der Waals surface area contributed by atoms with Crippen LogP contribution in [0.4, 0.5) is 13.2 Å². The highest BCUT2D eigenvalue weighted by Gasteiger charge is 2.33. The zero-order chi connectivity index (χ0) is 15.5. The van der Waals surface area contributed by atoms with E-state index in [0.29, 0.717) is 32.2 Å². The summed E-state index contributed by atoms with van der Waals surface area (Å²) in [5, 5.41) is 3.39. The van der Waals surface area contributed by atoms with Crippen LogP contribution in [-0.2, 0) is 22.3 Å². The van der Waals surface area contributed by atoms with Crippen molar-refractivity contribution in [1.29, 1.82) is 0 Å². The fourth-order valence-electron chi connectivity index (χ4n) is 2.29. The molecule has 1 fully saturated rings. The fourth-order valence-corrected chi connectivity index (χ4v) is 2.29. The molecule has 0 aliphatic carbocycles. The van der Waals surface area contributed by atoms with Crippen molar-refractivity contribution in [2.75, 3.05) is 26.3 Å². The first-order valence-corrected chi connectivity index (χ1v) is 6.86. The van der Waals surface area contributed by atoms with Gasteiger partial charge in [-0.05, 0) is 19.4 Å². The molecule has 1 atom stereocenters. The van der Waals surface area contributed by atoms with Gasteiger partial charge in [0.05, 0.1) is 6.61 Å². The Balaban J connectivity index is 1.93. The molecule has 1 saturated heterocycles. The van der Waals surface area contributed by atoms with E-state index < -0.39 is 11.9 Å². The van der Waals surface area contributed by atoms with Gasteiger partial charge in [0.2, 0.25) is 5.91 Å². The first-order valence-electron chi connectivity index (χ1n) is 6.86. The summed E-state index contributed by atoms with van der Waals surface area (Å²) < 4.78 is 43.6. The molecule has 0 unspecified atom stereocenters. The minimum absolute atomic E-state index is 0.183. The van der Waals surface area contributed by atoms with Crippen LogP contribution in [0.3, 0.4) is 0 Å². The Kier molecular flexibility index (Phi) is 4.87. The molecule has 0 spiro atoms. The van der Waals surface area contributed by atoms with Crippen molar-refractivity contribution in [3.63, 3.8) is 0 Å². The molecule has 1 amide bonds. The van der Waals surface area contributed by atoms with Gasteiger partial charge >= 0.3 is 6.18 Å². The Bertz CT molecular complexity index is 481. The molecule has 0 radical (unpaired) electrons. The molecule has 2 heterocycles. The smallest absolute Gasteiger partial charge is 0.381 e. The summed E-state index contributed by atoms with van der Waals surface area (Å²) in [6.45, 7) is 4.08. The molecule has 1 aromatic heterocycles. The third-order valence-corrected chi connectivity index (χ3v) is 3.47. The third-order valence-electron chi connectivity index (χ3n) is 3.47. The molecule has 2 rings (SSSR count). The van der Waals surface area contributed by atoms with E-state index in [4.69, 9.17) is 4.74 Å². The highest BCUT2D eigenvalue weighted by molar-refractivity contribution is 5.75. The van der Waals surface area contributed by atoms with E-state index >= 15 is 0 Å². The van der Waals surface area contributed by atoms with Crippen molar-refractivity contribution < 1.29 is 22.7 Å². The van der Waals surface area contributed by atoms with Crippen molar-refractivity contribution in [1.82, 2.24) is 14.7 Å². The number of carbonyl (C=O) groups is 1. The quantitative estimate of drug-likeness (QED) is 0.833. The van der Waals surface area contributed by atoms with E-state index in [1.165, 1.54) is 6.20 Å². The van der Waals surface area contributed by atoms with E-state index in [0.717, 1.165) is 17.2 Å². The molecule has 1 aliphatic rings. The second kappa shape index (κ2) is 6.46. The summed E-state index contributed by atoms with van der Waals surface area (Å²) in [6, 6.07) is 0.869. The van der Waals surface area contributed by atoms with Gasteiger partial charge in [0.15, 0.2) is 5.69 Å². The number of nitrogens with zero attached hydrogens (tertiary/aromatic N) is 3. The number of amides is 1. The molecule has 0 N–H and O–H groups in total. The number of rotatable bonds is 5. The summed E-state index contributed by atoms with van der Waals surface area (Å²) in [6.07, 6.45) is -2.41. The lowest BCUT2D eigenvalue weighted by molar-refractivity contribution is -0.142. The van der Waals surface area contributed by atoms with Gasteiger partial charge in [-0.2, -0.15) is 18.3 Å². The average molecular weight is 305 g/mol. The number of ether oxygens (including phenoxy) is 1. The topological polar surface area (TPSA) is 47.4 Å². The van der Waals surface area contributed by atoms with Crippen LogP contribution in [-0.4, -0.2) is 46.9 Å². The van der Waals surface area contributed by atoms with Gasteiger partial charge in [0.1, 0.15) is 6.54 Å².